The molecule has 6 nitrogen and oxygen atoms in total. The average molecular weight is 415 g/mol. The van der Waals surface area contributed by atoms with E-state index >= 15 is 0 Å². The van der Waals surface area contributed by atoms with Crippen molar-refractivity contribution in [3.05, 3.63) is 35.4 Å². The number of aromatic amines is 1. The molecule has 0 saturated heterocycles. The fourth-order valence-corrected chi connectivity index (χ4v) is 2.01. The number of nitrogens with zero attached hydrogens (tertiary/aromatic N) is 3. The molecule has 0 aliphatic rings. The van der Waals surface area contributed by atoms with Gasteiger partial charge in [-0.25, -0.2) is 9.97 Å². The molecule has 0 saturated carbocycles. The van der Waals surface area contributed by atoms with Gasteiger partial charge in [0.2, 0.25) is 0 Å². The lowest BCUT2D eigenvalue weighted by molar-refractivity contribution is -0.151. The van der Waals surface area contributed by atoms with Gasteiger partial charge in [0.1, 0.15) is 22.6 Å². The first-order chi connectivity index (χ1) is 11.5. The molecule has 0 aliphatic heterocycles. The third-order valence-electron chi connectivity index (χ3n) is 2.80. The lowest BCUT2D eigenvalue weighted by atomic mass is 10.2. The number of ether oxygens (including phenoxy) is 1. The fourth-order valence-electron chi connectivity index (χ4n) is 1.90. The molecule has 0 unspecified atom stereocenters. The molecule has 0 atom stereocenters. The topological polar surface area (TPSA) is 72.8 Å². The van der Waals surface area contributed by atoms with E-state index in [0.29, 0.717) is 0 Å². The summed E-state index contributed by atoms with van der Waals surface area (Å²) >= 11 is 2.99. The Morgan fingerprint density at radius 2 is 1.88 bits per heavy atom. The molecule has 0 amide bonds. The summed E-state index contributed by atoms with van der Waals surface area (Å²) in [6, 6.07) is 0. The third kappa shape index (κ3) is 11.5. The Balaban J connectivity index is 0.000000348. The predicted molar refractivity (Wildman–Crippen MR) is 105 cm³/mol. The van der Waals surface area contributed by atoms with E-state index in [-0.39, 0.29) is 16.9 Å². The largest absolute Gasteiger partial charge is 0.459 e. The van der Waals surface area contributed by atoms with Gasteiger partial charge in [-0.15, -0.1) is 0 Å². The lowest BCUT2D eigenvalue weighted by Crippen LogP contribution is -2.24. The molecule has 0 fully saturated rings. The van der Waals surface area contributed by atoms with Gasteiger partial charge < -0.3 is 14.3 Å². The first-order valence-corrected chi connectivity index (χ1v) is 9.37. The van der Waals surface area contributed by atoms with Crippen LogP contribution in [0.3, 0.4) is 0 Å². The van der Waals surface area contributed by atoms with Crippen LogP contribution in [0.2, 0.25) is 0 Å². The summed E-state index contributed by atoms with van der Waals surface area (Å²) in [5, 5.41) is 0.268. The van der Waals surface area contributed by atoms with Gasteiger partial charge >= 0.3 is 5.97 Å². The zero-order chi connectivity index (χ0) is 19.6. The van der Waals surface area contributed by atoms with Crippen molar-refractivity contribution in [3.8, 4) is 0 Å². The quantitative estimate of drug-likeness (QED) is 0.587. The minimum Gasteiger partial charge on any atom is -0.459 e. The number of aryl methyl sites for hydroxylation is 5. The van der Waals surface area contributed by atoms with Crippen molar-refractivity contribution in [1.82, 2.24) is 19.5 Å². The van der Waals surface area contributed by atoms with Crippen molar-refractivity contribution in [2.75, 3.05) is 5.33 Å². The number of esters is 1. The Morgan fingerprint density at radius 3 is 2.04 bits per heavy atom. The molecular formula is C18H31BrN4O2. The highest BCUT2D eigenvalue weighted by molar-refractivity contribution is 9.09. The number of hydrogen-bond acceptors (Lipinski definition) is 4. The Hall–Kier alpha value is -1.63. The van der Waals surface area contributed by atoms with Crippen molar-refractivity contribution >= 4 is 21.9 Å². The molecule has 0 aromatic carbocycles. The molecule has 7 heteroatoms. The number of carbonyl (C=O) groups excluding carboxylic acids is 1. The van der Waals surface area contributed by atoms with E-state index in [2.05, 4.69) is 48.6 Å². The van der Waals surface area contributed by atoms with Crippen LogP contribution in [0.15, 0.2) is 12.4 Å². The highest BCUT2D eigenvalue weighted by atomic mass is 79.9. The van der Waals surface area contributed by atoms with Crippen LogP contribution in [-0.4, -0.2) is 36.4 Å². The molecule has 2 aromatic rings. The summed E-state index contributed by atoms with van der Waals surface area (Å²) in [7, 11) is 0. The maximum absolute atomic E-state index is 10.6. The van der Waals surface area contributed by atoms with E-state index in [9.17, 15) is 4.79 Å². The lowest BCUT2D eigenvalue weighted by Gasteiger charge is -2.18. The molecule has 0 bridgehead atoms. The van der Waals surface area contributed by atoms with Gasteiger partial charge in [-0.2, -0.15) is 0 Å². The van der Waals surface area contributed by atoms with E-state index < -0.39 is 0 Å². The molecular weight excluding hydrogens is 384 g/mol. The van der Waals surface area contributed by atoms with Gasteiger partial charge in [0, 0.05) is 24.6 Å². The molecule has 0 aliphatic carbocycles. The zero-order valence-electron chi connectivity index (χ0n) is 16.6. The number of H-pyrrole nitrogens is 1. The Morgan fingerprint density at radius 1 is 1.28 bits per heavy atom. The molecule has 142 valence electrons. The first kappa shape index (κ1) is 23.4. The fraction of sp³-hybridized carbons (Fsp3) is 0.611. The summed E-state index contributed by atoms with van der Waals surface area (Å²) in [4.78, 5) is 21.8. The summed E-state index contributed by atoms with van der Waals surface area (Å²) in [5.41, 5.74) is 1.87. The van der Waals surface area contributed by atoms with Crippen LogP contribution in [0, 0.1) is 27.7 Å². The number of aromatic nitrogens is 4. The number of alkyl halides is 1. The average Bonchev–Trinajstić information content (AvgIpc) is 3.02. The van der Waals surface area contributed by atoms with E-state index in [1.807, 2.05) is 54.7 Å². The van der Waals surface area contributed by atoms with Crippen LogP contribution in [0.4, 0.5) is 0 Å². The number of rotatable bonds is 2. The van der Waals surface area contributed by atoms with Crippen LogP contribution in [0.1, 0.15) is 50.7 Å². The normalized spacial score (nSPS) is 10.3. The first-order valence-electron chi connectivity index (χ1n) is 8.24. The van der Waals surface area contributed by atoms with Crippen LogP contribution >= 0.6 is 15.9 Å². The molecule has 1 N–H and O–H groups in total. The van der Waals surface area contributed by atoms with Crippen LogP contribution in [-0.2, 0) is 16.1 Å². The Kier molecular flexibility index (Phi) is 10.4. The van der Waals surface area contributed by atoms with Gasteiger partial charge in [-0.05, 0) is 55.4 Å². The second-order valence-corrected chi connectivity index (χ2v) is 7.15. The van der Waals surface area contributed by atoms with Gasteiger partial charge in [0.05, 0.1) is 5.69 Å². The number of nitrogens with one attached hydrogen (secondary N) is 1. The summed E-state index contributed by atoms with van der Waals surface area (Å²) in [5.74, 6) is 1.87. The summed E-state index contributed by atoms with van der Waals surface area (Å²) in [6.45, 7) is 16.6. The van der Waals surface area contributed by atoms with Crippen LogP contribution in [0.25, 0.3) is 0 Å². The molecule has 2 heterocycles. The zero-order valence-corrected chi connectivity index (χ0v) is 18.2. The van der Waals surface area contributed by atoms with Crippen molar-refractivity contribution in [3.63, 3.8) is 0 Å². The minimum absolute atomic E-state index is 0.220. The summed E-state index contributed by atoms with van der Waals surface area (Å²) < 4.78 is 7.04. The smallest absolute Gasteiger partial charge is 0.317 e. The third-order valence-corrected chi connectivity index (χ3v) is 3.25. The van der Waals surface area contributed by atoms with Crippen molar-refractivity contribution in [1.29, 1.82) is 0 Å². The number of hydrogen-bond donors (Lipinski definition) is 1. The van der Waals surface area contributed by atoms with E-state index in [1.54, 1.807) is 0 Å². The molecule has 0 spiro atoms. The number of imidazole rings is 2. The highest BCUT2D eigenvalue weighted by Crippen LogP contribution is 2.07. The van der Waals surface area contributed by atoms with E-state index in [1.165, 1.54) is 0 Å². The van der Waals surface area contributed by atoms with Crippen molar-refractivity contribution in [2.24, 2.45) is 0 Å². The molecule has 2 rings (SSSR count). The van der Waals surface area contributed by atoms with E-state index in [0.717, 1.165) is 29.6 Å². The van der Waals surface area contributed by atoms with Crippen LogP contribution in [0.5, 0.6) is 0 Å². The minimum atomic E-state index is -0.356. The number of halogens is 1. The maximum atomic E-state index is 10.6. The Labute approximate surface area is 159 Å². The SMILES string of the molecule is CC(C)(C)OC(=O)CBr.CCn1cc(C)nc1C.Cc1cnc(C)[nH]1. The Bertz CT molecular complexity index is 625. The van der Waals surface area contributed by atoms with Crippen molar-refractivity contribution < 1.29 is 9.53 Å². The summed E-state index contributed by atoms with van der Waals surface area (Å²) in [6.07, 6.45) is 3.88. The predicted octanol–water partition coefficient (Wildman–Crippen LogP) is 4.27. The molecule has 2 aromatic heterocycles. The molecule has 0 radical (unpaired) electrons. The van der Waals surface area contributed by atoms with Crippen LogP contribution < -0.4 is 0 Å². The van der Waals surface area contributed by atoms with Gasteiger partial charge in [0.25, 0.3) is 0 Å². The standard InChI is InChI=1S/C7H12N2.C6H11BrO2.C5H8N2/c1-4-9-5-6(2)8-7(9)3;1-6(2,3)9-5(8)4-7;1-4-3-6-5(2)7-4/h5H,4H2,1-3H3;4H2,1-3H3;3H,1-2H3,(H,6,7). The maximum Gasteiger partial charge on any atom is 0.317 e. The molecule has 25 heavy (non-hydrogen) atoms. The second-order valence-electron chi connectivity index (χ2n) is 6.59. The second kappa shape index (κ2) is 11.1. The number of carbonyl (C=O) groups is 1. The highest BCUT2D eigenvalue weighted by Gasteiger charge is 2.14. The van der Waals surface area contributed by atoms with Crippen molar-refractivity contribution in [2.45, 2.75) is 67.5 Å². The van der Waals surface area contributed by atoms with Gasteiger partial charge in [0.15, 0.2) is 0 Å². The van der Waals surface area contributed by atoms with Gasteiger partial charge in [-0.3, -0.25) is 4.79 Å². The monoisotopic (exact) mass is 414 g/mol. The van der Waals surface area contributed by atoms with E-state index in [4.69, 9.17) is 4.74 Å². The van der Waals surface area contributed by atoms with Gasteiger partial charge in [-0.1, -0.05) is 15.9 Å².